The molecule has 1 N–H and O–H groups in total. The van der Waals surface area contributed by atoms with Crippen LogP contribution in [0.3, 0.4) is 0 Å². The number of hydrogen-bond donors (Lipinski definition) is 1. The molecule has 0 heterocycles. The average Bonchev–Trinajstić information content (AvgIpc) is 3.11. The fraction of sp³-hybridized carbons (Fsp3) is 0.700. The number of fused-ring (bicyclic) bond motifs is 2. The van der Waals surface area contributed by atoms with Crippen LogP contribution >= 0.6 is 0 Å². The van der Waals surface area contributed by atoms with Gasteiger partial charge in [-0.2, -0.15) is 0 Å². The van der Waals surface area contributed by atoms with E-state index >= 15 is 0 Å². The Labute approximate surface area is 144 Å². The number of carboxylic acids is 1. The summed E-state index contributed by atoms with van der Waals surface area (Å²) in [5.41, 5.74) is 3.81. The van der Waals surface area contributed by atoms with Gasteiger partial charge in [-0.25, -0.2) is 0 Å². The lowest BCUT2D eigenvalue weighted by atomic mass is 9.78. The third kappa shape index (κ3) is 3.15. The molecular formula is C20H28NO3-. The Morgan fingerprint density at radius 1 is 1.17 bits per heavy atom. The molecule has 3 aliphatic carbocycles. The van der Waals surface area contributed by atoms with Crippen LogP contribution in [-0.4, -0.2) is 18.4 Å². The molecule has 4 nitrogen and oxygen atoms in total. The predicted molar refractivity (Wildman–Crippen MR) is 90.8 cm³/mol. The zero-order valence-electron chi connectivity index (χ0n) is 14.8. The lowest BCUT2D eigenvalue weighted by Crippen LogP contribution is -2.46. The monoisotopic (exact) mass is 330 g/mol. The Morgan fingerprint density at radius 2 is 1.88 bits per heavy atom. The van der Waals surface area contributed by atoms with Crippen molar-refractivity contribution in [3.63, 3.8) is 0 Å². The van der Waals surface area contributed by atoms with Crippen molar-refractivity contribution >= 4 is 11.9 Å². The number of aliphatic carboxylic acids is 1. The molecule has 0 aromatic heterocycles. The van der Waals surface area contributed by atoms with E-state index in [2.05, 4.69) is 11.4 Å². The van der Waals surface area contributed by atoms with Gasteiger partial charge in [0.1, 0.15) is 0 Å². The number of allylic oxidation sites excluding steroid dienone is 3. The molecule has 2 bridgehead atoms. The SMILES string of the molecule is CC(C)=C1[C@H]2CC[C@@H]1[C@H](C(=O)[O-])[C@@H]2C(=O)NCCC1=CCCCC1. The molecule has 2 saturated carbocycles. The molecule has 0 aromatic carbocycles. The van der Waals surface area contributed by atoms with Crippen LogP contribution in [0.4, 0.5) is 0 Å². The maximum absolute atomic E-state index is 12.7. The number of carbonyl (C=O) groups excluding carboxylic acids is 2. The molecule has 2 fully saturated rings. The Hall–Kier alpha value is -1.58. The van der Waals surface area contributed by atoms with Crippen molar-refractivity contribution in [1.82, 2.24) is 5.32 Å². The number of nitrogens with one attached hydrogen (secondary N) is 1. The van der Waals surface area contributed by atoms with E-state index in [9.17, 15) is 14.7 Å². The summed E-state index contributed by atoms with van der Waals surface area (Å²) in [6.07, 6.45) is 9.76. The molecule has 24 heavy (non-hydrogen) atoms. The summed E-state index contributed by atoms with van der Waals surface area (Å²) in [6.45, 7) is 4.67. The highest BCUT2D eigenvalue weighted by atomic mass is 16.4. The third-order valence-corrected chi connectivity index (χ3v) is 6.12. The van der Waals surface area contributed by atoms with E-state index in [1.54, 1.807) is 0 Å². The van der Waals surface area contributed by atoms with Crippen molar-refractivity contribution in [3.05, 3.63) is 22.8 Å². The quantitative estimate of drug-likeness (QED) is 0.787. The molecule has 4 atom stereocenters. The van der Waals surface area contributed by atoms with Gasteiger partial charge in [0.05, 0.1) is 5.92 Å². The summed E-state index contributed by atoms with van der Waals surface area (Å²) < 4.78 is 0. The van der Waals surface area contributed by atoms with Crippen molar-refractivity contribution in [2.45, 2.75) is 58.8 Å². The van der Waals surface area contributed by atoms with E-state index in [0.29, 0.717) is 6.54 Å². The van der Waals surface area contributed by atoms with E-state index in [-0.39, 0.29) is 17.7 Å². The highest BCUT2D eigenvalue weighted by Gasteiger charge is 2.54. The number of carbonyl (C=O) groups is 2. The highest BCUT2D eigenvalue weighted by molar-refractivity contribution is 5.87. The van der Waals surface area contributed by atoms with Crippen molar-refractivity contribution in [3.8, 4) is 0 Å². The van der Waals surface area contributed by atoms with Gasteiger partial charge in [0.15, 0.2) is 0 Å². The van der Waals surface area contributed by atoms with Gasteiger partial charge >= 0.3 is 0 Å². The summed E-state index contributed by atoms with van der Waals surface area (Å²) in [5.74, 6) is -2.15. The molecule has 0 aliphatic heterocycles. The molecule has 4 heteroatoms. The van der Waals surface area contributed by atoms with Gasteiger partial charge in [0, 0.05) is 18.4 Å². The molecule has 0 saturated heterocycles. The van der Waals surface area contributed by atoms with Crippen LogP contribution in [0.15, 0.2) is 22.8 Å². The van der Waals surface area contributed by atoms with Crippen LogP contribution in [0, 0.1) is 23.7 Å². The average molecular weight is 330 g/mol. The molecule has 0 radical (unpaired) electrons. The Bertz CT molecular complexity index is 586. The zero-order valence-corrected chi connectivity index (χ0v) is 14.8. The number of hydrogen-bond acceptors (Lipinski definition) is 3. The second kappa shape index (κ2) is 7.12. The first-order chi connectivity index (χ1) is 11.5. The summed E-state index contributed by atoms with van der Waals surface area (Å²) in [6, 6.07) is 0. The van der Waals surface area contributed by atoms with E-state index < -0.39 is 17.8 Å². The number of amides is 1. The zero-order chi connectivity index (χ0) is 17.3. The Morgan fingerprint density at radius 3 is 2.46 bits per heavy atom. The summed E-state index contributed by atoms with van der Waals surface area (Å²) in [7, 11) is 0. The summed E-state index contributed by atoms with van der Waals surface area (Å²) in [5, 5.41) is 14.7. The minimum atomic E-state index is -1.06. The minimum absolute atomic E-state index is 0.00167. The second-order valence-corrected chi connectivity index (χ2v) is 7.77. The lowest BCUT2D eigenvalue weighted by Gasteiger charge is -2.30. The number of carboxylic acid groups (broad SMARTS) is 1. The van der Waals surface area contributed by atoms with Gasteiger partial charge in [0.25, 0.3) is 0 Å². The maximum atomic E-state index is 12.7. The van der Waals surface area contributed by atoms with Gasteiger partial charge in [-0.15, -0.1) is 0 Å². The van der Waals surface area contributed by atoms with E-state index in [4.69, 9.17) is 0 Å². The van der Waals surface area contributed by atoms with E-state index in [0.717, 1.165) is 32.1 Å². The third-order valence-electron chi connectivity index (χ3n) is 6.12. The Kier molecular flexibility index (Phi) is 5.12. The first kappa shape index (κ1) is 17.2. The molecule has 3 rings (SSSR count). The molecule has 1 amide bonds. The second-order valence-electron chi connectivity index (χ2n) is 7.77. The van der Waals surface area contributed by atoms with Crippen molar-refractivity contribution in [1.29, 1.82) is 0 Å². The molecule has 0 unspecified atom stereocenters. The molecule has 3 aliphatic rings. The largest absolute Gasteiger partial charge is 0.550 e. The molecule has 132 valence electrons. The lowest BCUT2D eigenvalue weighted by molar-refractivity contribution is -0.314. The first-order valence-corrected chi connectivity index (χ1v) is 9.34. The fourth-order valence-electron chi connectivity index (χ4n) is 5.19. The van der Waals surface area contributed by atoms with Crippen molar-refractivity contribution in [2.24, 2.45) is 23.7 Å². The van der Waals surface area contributed by atoms with Crippen LogP contribution < -0.4 is 10.4 Å². The van der Waals surface area contributed by atoms with Gasteiger partial charge in [-0.05, 0) is 70.6 Å². The van der Waals surface area contributed by atoms with Crippen LogP contribution in [-0.2, 0) is 9.59 Å². The maximum Gasteiger partial charge on any atom is 0.224 e. The Balaban J connectivity index is 1.66. The summed E-state index contributed by atoms with van der Waals surface area (Å²) >= 11 is 0. The van der Waals surface area contributed by atoms with Gasteiger partial charge < -0.3 is 15.2 Å². The normalized spacial score (nSPS) is 31.8. The number of rotatable bonds is 5. The van der Waals surface area contributed by atoms with Crippen LogP contribution in [0.2, 0.25) is 0 Å². The van der Waals surface area contributed by atoms with Gasteiger partial charge in [-0.3, -0.25) is 4.79 Å². The standard InChI is InChI=1S/C20H29NO3/c1-12(2)16-14-8-9-15(16)18(20(23)24)17(14)19(22)21-11-10-13-6-4-3-5-7-13/h6,14-15,17-18H,3-5,7-11H2,1-2H3,(H,21,22)(H,23,24)/p-1/t14-,15+,17-,18+/m1/s1. The smallest absolute Gasteiger partial charge is 0.224 e. The van der Waals surface area contributed by atoms with Crippen molar-refractivity contribution in [2.75, 3.05) is 6.54 Å². The molecule has 0 aromatic rings. The van der Waals surface area contributed by atoms with Crippen LogP contribution in [0.25, 0.3) is 0 Å². The molecular weight excluding hydrogens is 302 g/mol. The predicted octanol–water partition coefficient (Wildman–Crippen LogP) is 2.35. The van der Waals surface area contributed by atoms with Crippen LogP contribution in [0.1, 0.15) is 58.8 Å². The van der Waals surface area contributed by atoms with Gasteiger partial charge in [-0.1, -0.05) is 22.8 Å². The van der Waals surface area contributed by atoms with E-state index in [1.807, 2.05) is 13.8 Å². The fourth-order valence-corrected chi connectivity index (χ4v) is 5.19. The van der Waals surface area contributed by atoms with Gasteiger partial charge in [0.2, 0.25) is 5.91 Å². The highest BCUT2D eigenvalue weighted by Crippen LogP contribution is 2.56. The first-order valence-electron chi connectivity index (χ1n) is 9.34. The van der Waals surface area contributed by atoms with Crippen LogP contribution in [0.5, 0.6) is 0 Å². The summed E-state index contributed by atoms with van der Waals surface area (Å²) in [4.78, 5) is 24.4. The van der Waals surface area contributed by atoms with Crippen molar-refractivity contribution < 1.29 is 14.7 Å². The topological polar surface area (TPSA) is 69.2 Å². The molecule has 0 spiro atoms. The minimum Gasteiger partial charge on any atom is -0.550 e. The van der Waals surface area contributed by atoms with E-state index in [1.165, 1.54) is 29.6 Å².